The smallest absolute Gasteiger partial charge is 0.309 e. The minimum atomic E-state index is -0.589. The molecule has 1 aromatic rings. The molecule has 0 bridgehead atoms. The number of carboxylic acids is 1. The van der Waals surface area contributed by atoms with Gasteiger partial charge in [0.25, 0.3) is 0 Å². The molecule has 2 saturated carbocycles. The number of hydrogen-bond donors (Lipinski definition) is 1. The van der Waals surface area contributed by atoms with Gasteiger partial charge in [-0.1, -0.05) is 0 Å². The molecule has 17 heavy (non-hydrogen) atoms. The van der Waals surface area contributed by atoms with Crippen molar-refractivity contribution in [2.24, 2.45) is 24.3 Å². The molecule has 4 nitrogen and oxygen atoms in total. The standard InChI is InChI=1S/C13H18N2O2/c1-15-8-9(7-14-15)2-3-13(12(16)17)5-10-4-11(10)6-13/h7-8,10-11H,2-6H2,1H3,(H,16,17). The highest BCUT2D eigenvalue weighted by molar-refractivity contribution is 5.75. The van der Waals surface area contributed by atoms with Gasteiger partial charge in [-0.3, -0.25) is 9.48 Å². The first kappa shape index (κ1) is 10.8. The monoisotopic (exact) mass is 234 g/mol. The fourth-order valence-corrected chi connectivity index (χ4v) is 3.37. The number of aryl methyl sites for hydroxylation is 2. The van der Waals surface area contributed by atoms with Crippen LogP contribution in [0, 0.1) is 17.3 Å². The lowest BCUT2D eigenvalue weighted by atomic mass is 9.78. The van der Waals surface area contributed by atoms with Crippen LogP contribution in [0.2, 0.25) is 0 Å². The Bertz CT molecular complexity index is 442. The summed E-state index contributed by atoms with van der Waals surface area (Å²) in [6, 6.07) is 0. The molecule has 3 rings (SSSR count). The molecule has 0 aromatic carbocycles. The zero-order valence-electron chi connectivity index (χ0n) is 10.1. The van der Waals surface area contributed by atoms with E-state index in [1.54, 1.807) is 4.68 Å². The molecular weight excluding hydrogens is 216 g/mol. The van der Waals surface area contributed by atoms with Crippen LogP contribution in [0.5, 0.6) is 0 Å². The van der Waals surface area contributed by atoms with E-state index in [-0.39, 0.29) is 0 Å². The number of carboxylic acid groups (broad SMARTS) is 1. The van der Waals surface area contributed by atoms with Gasteiger partial charge in [-0.05, 0) is 49.5 Å². The summed E-state index contributed by atoms with van der Waals surface area (Å²) < 4.78 is 1.77. The molecule has 92 valence electrons. The van der Waals surface area contributed by atoms with Crippen LogP contribution in [-0.2, 0) is 18.3 Å². The zero-order valence-corrected chi connectivity index (χ0v) is 10.1. The van der Waals surface area contributed by atoms with Gasteiger partial charge in [-0.15, -0.1) is 0 Å². The van der Waals surface area contributed by atoms with Crippen molar-refractivity contribution in [2.45, 2.75) is 32.1 Å². The van der Waals surface area contributed by atoms with Gasteiger partial charge in [0.05, 0.1) is 11.6 Å². The molecule has 1 heterocycles. The number of aromatic nitrogens is 2. The molecule has 2 atom stereocenters. The second-order valence-electron chi connectivity index (χ2n) is 5.77. The lowest BCUT2D eigenvalue weighted by Gasteiger charge is -2.25. The third kappa shape index (κ3) is 1.85. The highest BCUT2D eigenvalue weighted by atomic mass is 16.4. The number of hydrogen-bond acceptors (Lipinski definition) is 2. The molecule has 1 aromatic heterocycles. The van der Waals surface area contributed by atoms with Crippen molar-refractivity contribution >= 4 is 5.97 Å². The average Bonchev–Trinajstić information content (AvgIpc) is 2.74. The maximum Gasteiger partial charge on any atom is 0.309 e. The van der Waals surface area contributed by atoms with Crippen LogP contribution in [0.3, 0.4) is 0 Å². The molecule has 0 aliphatic heterocycles. The van der Waals surface area contributed by atoms with Crippen LogP contribution >= 0.6 is 0 Å². The van der Waals surface area contributed by atoms with Gasteiger partial charge in [0.1, 0.15) is 0 Å². The normalized spacial score (nSPS) is 34.6. The van der Waals surface area contributed by atoms with E-state index in [1.165, 1.54) is 6.42 Å². The highest BCUT2D eigenvalue weighted by Gasteiger charge is 2.57. The van der Waals surface area contributed by atoms with E-state index in [0.717, 1.165) is 31.2 Å². The Hall–Kier alpha value is -1.32. The Morgan fingerprint density at radius 2 is 2.29 bits per heavy atom. The molecular formula is C13H18N2O2. The third-order valence-corrected chi connectivity index (χ3v) is 4.48. The van der Waals surface area contributed by atoms with E-state index < -0.39 is 11.4 Å². The summed E-state index contributed by atoms with van der Waals surface area (Å²) in [6.45, 7) is 0. The Morgan fingerprint density at radius 3 is 2.82 bits per heavy atom. The molecule has 2 aliphatic rings. The molecule has 4 heteroatoms. The first-order valence-electron chi connectivity index (χ1n) is 6.30. The van der Waals surface area contributed by atoms with Crippen LogP contribution in [-0.4, -0.2) is 20.9 Å². The van der Waals surface area contributed by atoms with Gasteiger partial charge in [0, 0.05) is 13.2 Å². The maximum atomic E-state index is 11.5. The van der Waals surface area contributed by atoms with Gasteiger partial charge in [0.15, 0.2) is 0 Å². The van der Waals surface area contributed by atoms with E-state index in [9.17, 15) is 9.90 Å². The summed E-state index contributed by atoms with van der Waals surface area (Å²) in [5.41, 5.74) is 0.706. The minimum absolute atomic E-state index is 0.441. The van der Waals surface area contributed by atoms with Gasteiger partial charge >= 0.3 is 5.97 Å². The average molecular weight is 234 g/mol. The van der Waals surface area contributed by atoms with Crippen LogP contribution in [0.15, 0.2) is 12.4 Å². The summed E-state index contributed by atoms with van der Waals surface area (Å²) in [4.78, 5) is 11.5. The molecule has 0 amide bonds. The van der Waals surface area contributed by atoms with E-state index in [2.05, 4.69) is 5.10 Å². The Kier molecular flexibility index (Phi) is 2.28. The predicted molar refractivity (Wildman–Crippen MR) is 62.4 cm³/mol. The summed E-state index contributed by atoms with van der Waals surface area (Å²) in [6.07, 6.45) is 8.47. The van der Waals surface area contributed by atoms with Crippen molar-refractivity contribution in [1.29, 1.82) is 0 Å². The van der Waals surface area contributed by atoms with Gasteiger partial charge < -0.3 is 5.11 Å². The zero-order chi connectivity index (χ0) is 12.0. The van der Waals surface area contributed by atoms with Gasteiger partial charge in [0.2, 0.25) is 0 Å². The number of nitrogens with zero attached hydrogens (tertiary/aromatic N) is 2. The maximum absolute atomic E-state index is 11.5. The molecule has 0 radical (unpaired) electrons. The van der Waals surface area contributed by atoms with Crippen LogP contribution in [0.1, 0.15) is 31.2 Å². The van der Waals surface area contributed by atoms with Crippen molar-refractivity contribution in [3.8, 4) is 0 Å². The molecule has 1 N–H and O–H groups in total. The quantitative estimate of drug-likeness (QED) is 0.865. The number of carbonyl (C=O) groups is 1. The Labute approximate surface area is 101 Å². The summed E-state index contributed by atoms with van der Waals surface area (Å²) in [7, 11) is 1.89. The largest absolute Gasteiger partial charge is 0.481 e. The minimum Gasteiger partial charge on any atom is -0.481 e. The van der Waals surface area contributed by atoms with Crippen molar-refractivity contribution in [2.75, 3.05) is 0 Å². The molecule has 0 spiro atoms. The SMILES string of the molecule is Cn1cc(CCC2(C(=O)O)CC3CC3C2)cn1. The number of rotatable bonds is 4. The summed E-state index contributed by atoms with van der Waals surface area (Å²) in [5, 5.41) is 13.6. The Morgan fingerprint density at radius 1 is 1.59 bits per heavy atom. The first-order chi connectivity index (χ1) is 8.09. The van der Waals surface area contributed by atoms with Gasteiger partial charge in [-0.2, -0.15) is 5.10 Å². The highest BCUT2D eigenvalue weighted by Crippen LogP contribution is 2.61. The molecule has 0 saturated heterocycles. The van der Waals surface area contributed by atoms with E-state index >= 15 is 0 Å². The van der Waals surface area contributed by atoms with E-state index in [1.807, 2.05) is 19.4 Å². The van der Waals surface area contributed by atoms with Crippen molar-refractivity contribution in [3.63, 3.8) is 0 Å². The summed E-state index contributed by atoms with van der Waals surface area (Å²) >= 11 is 0. The van der Waals surface area contributed by atoms with Crippen molar-refractivity contribution in [3.05, 3.63) is 18.0 Å². The van der Waals surface area contributed by atoms with Crippen LogP contribution in [0.4, 0.5) is 0 Å². The molecule has 2 aliphatic carbocycles. The van der Waals surface area contributed by atoms with E-state index in [0.29, 0.717) is 11.8 Å². The summed E-state index contributed by atoms with van der Waals surface area (Å²) in [5.74, 6) is 0.827. The lowest BCUT2D eigenvalue weighted by molar-refractivity contribution is -0.149. The van der Waals surface area contributed by atoms with E-state index in [4.69, 9.17) is 0 Å². The first-order valence-corrected chi connectivity index (χ1v) is 6.30. The third-order valence-electron chi connectivity index (χ3n) is 4.48. The number of aliphatic carboxylic acids is 1. The molecule has 2 unspecified atom stereocenters. The fraction of sp³-hybridized carbons (Fsp3) is 0.692. The topological polar surface area (TPSA) is 55.1 Å². The van der Waals surface area contributed by atoms with Crippen molar-refractivity contribution < 1.29 is 9.90 Å². The van der Waals surface area contributed by atoms with Crippen LogP contribution < -0.4 is 0 Å². The fourth-order valence-electron chi connectivity index (χ4n) is 3.37. The predicted octanol–water partition coefficient (Wildman–Crippen LogP) is 1.85. The van der Waals surface area contributed by atoms with Crippen molar-refractivity contribution in [1.82, 2.24) is 9.78 Å². The lowest BCUT2D eigenvalue weighted by Crippen LogP contribution is -2.30. The number of fused-ring (bicyclic) bond motifs is 1. The second kappa shape index (κ2) is 3.59. The van der Waals surface area contributed by atoms with Gasteiger partial charge in [-0.25, -0.2) is 0 Å². The van der Waals surface area contributed by atoms with Crippen LogP contribution in [0.25, 0.3) is 0 Å². The second-order valence-corrected chi connectivity index (χ2v) is 5.77. The molecule has 2 fully saturated rings. The Balaban J connectivity index is 1.67.